The highest BCUT2D eigenvalue weighted by Crippen LogP contribution is 2.11. The van der Waals surface area contributed by atoms with Gasteiger partial charge in [-0.25, -0.2) is 8.42 Å². The zero-order valence-electron chi connectivity index (χ0n) is 11.5. The fourth-order valence-corrected chi connectivity index (χ4v) is 2.68. The van der Waals surface area contributed by atoms with Crippen LogP contribution in [0.4, 0.5) is 5.69 Å². The lowest BCUT2D eigenvalue weighted by atomic mass is 10.2. The molecule has 0 aromatic heterocycles. The van der Waals surface area contributed by atoms with Crippen molar-refractivity contribution in [1.82, 2.24) is 5.32 Å². The monoisotopic (exact) mass is 286 g/mol. The minimum atomic E-state index is -3.28. The van der Waals surface area contributed by atoms with Crippen LogP contribution in [0.15, 0.2) is 24.3 Å². The Bertz CT molecular complexity index is 457. The van der Waals surface area contributed by atoms with Gasteiger partial charge < -0.3 is 10.1 Å². The van der Waals surface area contributed by atoms with Gasteiger partial charge in [0.05, 0.1) is 5.75 Å². The number of methoxy groups -OCH3 is 1. The van der Waals surface area contributed by atoms with Crippen molar-refractivity contribution in [3.63, 3.8) is 0 Å². The standard InChI is InChI=1S/C13H22N2O3S/c1-3-14-11-12-5-7-13(8-6-12)15-19(16,17)10-4-9-18-2/h5-8,14-15H,3-4,9-11H2,1-2H3. The topological polar surface area (TPSA) is 67.4 Å². The predicted octanol–water partition coefficient (Wildman–Crippen LogP) is 1.57. The minimum Gasteiger partial charge on any atom is -0.385 e. The number of hydrogen-bond donors (Lipinski definition) is 2. The van der Waals surface area contributed by atoms with Crippen molar-refractivity contribution in [1.29, 1.82) is 0 Å². The van der Waals surface area contributed by atoms with Crippen LogP contribution in [0.1, 0.15) is 18.9 Å². The molecule has 0 aliphatic rings. The van der Waals surface area contributed by atoms with E-state index in [0.717, 1.165) is 18.7 Å². The van der Waals surface area contributed by atoms with Crippen molar-refractivity contribution in [2.75, 3.05) is 30.7 Å². The molecule has 0 radical (unpaired) electrons. The first-order valence-electron chi connectivity index (χ1n) is 6.36. The Morgan fingerprint density at radius 3 is 2.47 bits per heavy atom. The highest BCUT2D eigenvalue weighted by atomic mass is 32.2. The van der Waals surface area contributed by atoms with E-state index >= 15 is 0 Å². The highest BCUT2D eigenvalue weighted by molar-refractivity contribution is 7.92. The van der Waals surface area contributed by atoms with E-state index in [0.29, 0.717) is 18.7 Å². The SMILES string of the molecule is CCNCc1ccc(NS(=O)(=O)CCCOC)cc1. The lowest BCUT2D eigenvalue weighted by Crippen LogP contribution is -2.18. The number of nitrogens with one attached hydrogen (secondary N) is 2. The Balaban J connectivity index is 2.52. The molecule has 0 fully saturated rings. The summed E-state index contributed by atoms with van der Waals surface area (Å²) in [5.74, 6) is 0.0694. The second-order valence-electron chi connectivity index (χ2n) is 4.24. The van der Waals surface area contributed by atoms with Gasteiger partial charge in [-0.05, 0) is 30.7 Å². The van der Waals surface area contributed by atoms with Crippen LogP contribution in [0, 0.1) is 0 Å². The van der Waals surface area contributed by atoms with Crippen LogP contribution in [0.3, 0.4) is 0 Å². The zero-order chi connectivity index (χ0) is 14.1. The molecule has 0 saturated carbocycles. The Labute approximate surface area is 115 Å². The number of benzene rings is 1. The van der Waals surface area contributed by atoms with E-state index in [9.17, 15) is 8.42 Å². The molecule has 0 aliphatic heterocycles. The smallest absolute Gasteiger partial charge is 0.232 e. The van der Waals surface area contributed by atoms with Crippen molar-refractivity contribution in [2.45, 2.75) is 19.9 Å². The van der Waals surface area contributed by atoms with Crippen LogP contribution in [0.5, 0.6) is 0 Å². The maximum atomic E-state index is 11.8. The maximum Gasteiger partial charge on any atom is 0.232 e. The largest absolute Gasteiger partial charge is 0.385 e. The van der Waals surface area contributed by atoms with E-state index in [1.165, 1.54) is 0 Å². The Hall–Kier alpha value is -1.11. The summed E-state index contributed by atoms with van der Waals surface area (Å²) < 4.78 is 30.9. The predicted molar refractivity (Wildman–Crippen MR) is 77.7 cm³/mol. The Kier molecular flexibility index (Phi) is 6.83. The molecule has 5 nitrogen and oxygen atoms in total. The summed E-state index contributed by atoms with van der Waals surface area (Å²) in [5, 5.41) is 3.21. The first-order valence-corrected chi connectivity index (χ1v) is 8.01. The van der Waals surface area contributed by atoms with Crippen molar-refractivity contribution < 1.29 is 13.2 Å². The number of anilines is 1. The third-order valence-corrected chi connectivity index (χ3v) is 3.94. The summed E-state index contributed by atoms with van der Waals surface area (Å²) in [4.78, 5) is 0. The van der Waals surface area contributed by atoms with E-state index in [4.69, 9.17) is 4.74 Å². The van der Waals surface area contributed by atoms with Crippen LogP contribution in [-0.2, 0) is 21.3 Å². The van der Waals surface area contributed by atoms with E-state index in [1.807, 2.05) is 19.1 Å². The maximum absolute atomic E-state index is 11.8. The number of rotatable bonds is 9. The fourth-order valence-electron chi connectivity index (χ4n) is 1.58. The van der Waals surface area contributed by atoms with Crippen LogP contribution in [0.25, 0.3) is 0 Å². The molecule has 0 unspecified atom stereocenters. The third kappa shape index (κ3) is 6.56. The van der Waals surface area contributed by atoms with Gasteiger partial charge in [0.15, 0.2) is 0 Å². The molecule has 2 N–H and O–H groups in total. The quantitative estimate of drug-likeness (QED) is 0.676. The molecule has 108 valence electrons. The molecule has 0 saturated heterocycles. The van der Waals surface area contributed by atoms with Crippen LogP contribution in [-0.4, -0.2) is 34.4 Å². The van der Waals surface area contributed by atoms with Gasteiger partial charge in [0.25, 0.3) is 0 Å². The molecule has 0 amide bonds. The van der Waals surface area contributed by atoms with E-state index in [1.54, 1.807) is 19.2 Å². The van der Waals surface area contributed by atoms with Crippen LogP contribution >= 0.6 is 0 Å². The summed E-state index contributed by atoms with van der Waals surface area (Å²) >= 11 is 0. The molecule has 1 aromatic carbocycles. The summed E-state index contributed by atoms with van der Waals surface area (Å²) in [5.41, 5.74) is 1.72. The molecule has 0 heterocycles. The van der Waals surface area contributed by atoms with Gasteiger partial charge in [0, 0.05) is 25.9 Å². The van der Waals surface area contributed by atoms with E-state index in [2.05, 4.69) is 10.0 Å². The van der Waals surface area contributed by atoms with Gasteiger partial charge in [-0.2, -0.15) is 0 Å². The first kappa shape index (κ1) is 15.9. The number of hydrogen-bond acceptors (Lipinski definition) is 4. The second kappa shape index (κ2) is 8.14. The molecule has 19 heavy (non-hydrogen) atoms. The van der Waals surface area contributed by atoms with E-state index in [-0.39, 0.29) is 5.75 Å². The average Bonchev–Trinajstić information content (AvgIpc) is 2.38. The summed E-state index contributed by atoms with van der Waals surface area (Å²) in [6, 6.07) is 7.38. The van der Waals surface area contributed by atoms with Gasteiger partial charge in [0.2, 0.25) is 10.0 Å². The van der Waals surface area contributed by atoms with Crippen LogP contribution in [0.2, 0.25) is 0 Å². The number of sulfonamides is 1. The van der Waals surface area contributed by atoms with Gasteiger partial charge in [0.1, 0.15) is 0 Å². The van der Waals surface area contributed by atoms with Crippen molar-refractivity contribution in [3.8, 4) is 0 Å². The van der Waals surface area contributed by atoms with Crippen molar-refractivity contribution in [2.24, 2.45) is 0 Å². The van der Waals surface area contributed by atoms with Gasteiger partial charge in [-0.3, -0.25) is 4.72 Å². The van der Waals surface area contributed by atoms with Gasteiger partial charge in [-0.1, -0.05) is 19.1 Å². The third-order valence-electron chi connectivity index (χ3n) is 2.57. The molecule has 0 bridgehead atoms. The highest BCUT2D eigenvalue weighted by Gasteiger charge is 2.09. The zero-order valence-corrected chi connectivity index (χ0v) is 12.3. The fraction of sp³-hybridized carbons (Fsp3) is 0.538. The van der Waals surface area contributed by atoms with Crippen molar-refractivity contribution >= 4 is 15.7 Å². The lowest BCUT2D eigenvalue weighted by Gasteiger charge is -2.09. The summed E-state index contributed by atoms with van der Waals surface area (Å²) in [7, 11) is -1.72. The van der Waals surface area contributed by atoms with Gasteiger partial charge >= 0.3 is 0 Å². The second-order valence-corrected chi connectivity index (χ2v) is 6.09. The lowest BCUT2D eigenvalue weighted by molar-refractivity contribution is 0.199. The molecule has 1 aromatic rings. The first-order chi connectivity index (χ1) is 9.07. The molecule has 0 spiro atoms. The Morgan fingerprint density at radius 1 is 1.21 bits per heavy atom. The van der Waals surface area contributed by atoms with Gasteiger partial charge in [-0.15, -0.1) is 0 Å². The number of ether oxygens (including phenoxy) is 1. The Morgan fingerprint density at radius 2 is 1.89 bits per heavy atom. The molecule has 0 atom stereocenters. The van der Waals surface area contributed by atoms with E-state index < -0.39 is 10.0 Å². The average molecular weight is 286 g/mol. The van der Waals surface area contributed by atoms with Crippen molar-refractivity contribution in [3.05, 3.63) is 29.8 Å². The summed E-state index contributed by atoms with van der Waals surface area (Å²) in [6.45, 7) is 4.19. The normalized spacial score (nSPS) is 11.5. The molecular formula is C13H22N2O3S. The molecular weight excluding hydrogens is 264 g/mol. The minimum absolute atomic E-state index is 0.0694. The van der Waals surface area contributed by atoms with Crippen LogP contribution < -0.4 is 10.0 Å². The molecule has 0 aliphatic carbocycles. The molecule has 6 heteroatoms. The molecule has 1 rings (SSSR count). The summed E-state index contributed by atoms with van der Waals surface area (Å²) in [6.07, 6.45) is 0.490.